The fraction of sp³-hybridized carbons (Fsp3) is 0.435. The van der Waals surface area contributed by atoms with Crippen molar-refractivity contribution >= 4 is 39.4 Å². The molecule has 10 heteroatoms. The molecule has 0 saturated carbocycles. The number of nitrogens with zero attached hydrogens (tertiary/aromatic N) is 4. The van der Waals surface area contributed by atoms with Gasteiger partial charge < -0.3 is 24.3 Å². The Morgan fingerprint density at radius 2 is 1.82 bits per heavy atom. The highest BCUT2D eigenvalue weighted by atomic mass is 79.9. The molecule has 5 rings (SSSR count). The number of piperidine rings is 1. The molecule has 0 bridgehead atoms. The third-order valence-electron chi connectivity index (χ3n) is 6.09. The minimum absolute atomic E-state index is 0. The molecular weight excluding hydrogens is 510 g/mol. The van der Waals surface area contributed by atoms with Crippen LogP contribution in [0.3, 0.4) is 0 Å². The number of halogens is 2. The summed E-state index contributed by atoms with van der Waals surface area (Å²) in [5.74, 6) is 1.51. The molecular formula is C23H27BrClN5O3. The zero-order valence-electron chi connectivity index (χ0n) is 18.2. The molecule has 3 aromatic heterocycles. The van der Waals surface area contributed by atoms with Crippen LogP contribution in [0, 0.1) is 0 Å². The fourth-order valence-electron chi connectivity index (χ4n) is 4.31. The lowest BCUT2D eigenvalue weighted by Gasteiger charge is -2.32. The second kappa shape index (κ2) is 10.8. The first kappa shape index (κ1) is 23.9. The predicted molar refractivity (Wildman–Crippen MR) is 132 cm³/mol. The van der Waals surface area contributed by atoms with Crippen molar-refractivity contribution in [3.8, 4) is 11.5 Å². The average Bonchev–Trinajstić information content (AvgIpc) is 2.82. The number of fused-ring (bicyclic) bond motifs is 2. The molecule has 0 radical (unpaired) electrons. The molecule has 8 nitrogen and oxygen atoms in total. The van der Waals surface area contributed by atoms with Crippen molar-refractivity contribution in [1.29, 1.82) is 0 Å². The van der Waals surface area contributed by atoms with Gasteiger partial charge in [-0.2, -0.15) is 0 Å². The maximum absolute atomic E-state index is 12.4. The number of nitrogens with one attached hydrogen (secondary N) is 1. The standard InChI is InChI=1S/C23H26BrN5O3.ClH/c24-16-11-20-19(27-13-16)1-2-23(30)29(20)8-7-28-5-3-17(4-6-28)25-14-18-12-21-22(15-26-18)32-10-9-31-21;/h1-2,11-13,15,17,25H,3-10,14H2;1H. The van der Waals surface area contributed by atoms with Crippen molar-refractivity contribution in [3.05, 3.63) is 57.2 Å². The van der Waals surface area contributed by atoms with Crippen molar-refractivity contribution in [2.24, 2.45) is 0 Å². The number of ether oxygens (including phenoxy) is 2. The number of aromatic nitrogens is 3. The Morgan fingerprint density at radius 3 is 2.64 bits per heavy atom. The molecule has 0 unspecified atom stereocenters. The summed E-state index contributed by atoms with van der Waals surface area (Å²) < 4.78 is 13.9. The number of hydrogen-bond acceptors (Lipinski definition) is 7. The van der Waals surface area contributed by atoms with E-state index in [4.69, 9.17) is 9.47 Å². The van der Waals surface area contributed by atoms with Gasteiger partial charge in [0.25, 0.3) is 5.56 Å². The monoisotopic (exact) mass is 535 g/mol. The minimum atomic E-state index is 0. The van der Waals surface area contributed by atoms with E-state index in [9.17, 15) is 4.79 Å². The summed E-state index contributed by atoms with van der Waals surface area (Å²) in [6.45, 7) is 5.40. The minimum Gasteiger partial charge on any atom is -0.486 e. The lowest BCUT2D eigenvalue weighted by Crippen LogP contribution is -2.43. The van der Waals surface area contributed by atoms with E-state index in [0.717, 1.165) is 65.2 Å². The number of likely N-dealkylation sites (tertiary alicyclic amines) is 1. The first-order valence-corrected chi connectivity index (χ1v) is 11.8. The fourth-order valence-corrected chi connectivity index (χ4v) is 4.63. The summed E-state index contributed by atoms with van der Waals surface area (Å²) in [6, 6.07) is 7.78. The Balaban J connectivity index is 0.00000259. The molecule has 0 spiro atoms. The first-order valence-electron chi connectivity index (χ1n) is 11.0. The Morgan fingerprint density at radius 1 is 1.03 bits per heavy atom. The molecule has 5 heterocycles. The van der Waals surface area contributed by atoms with Crippen molar-refractivity contribution in [2.45, 2.75) is 32.0 Å². The van der Waals surface area contributed by atoms with Crippen LogP contribution in [0.15, 0.2) is 45.9 Å². The van der Waals surface area contributed by atoms with E-state index < -0.39 is 0 Å². The van der Waals surface area contributed by atoms with Gasteiger partial charge in [-0.05, 0) is 54.0 Å². The van der Waals surface area contributed by atoms with Gasteiger partial charge in [-0.25, -0.2) is 0 Å². The zero-order valence-corrected chi connectivity index (χ0v) is 20.6. The first-order chi connectivity index (χ1) is 15.7. The van der Waals surface area contributed by atoms with E-state index in [1.165, 1.54) is 0 Å². The normalized spacial score (nSPS) is 16.5. The summed E-state index contributed by atoms with van der Waals surface area (Å²) in [7, 11) is 0. The molecule has 3 aromatic rings. The Labute approximate surface area is 206 Å². The summed E-state index contributed by atoms with van der Waals surface area (Å²) in [4.78, 5) is 23.8. The molecule has 0 amide bonds. The molecule has 2 aliphatic rings. The quantitative estimate of drug-likeness (QED) is 0.519. The molecule has 33 heavy (non-hydrogen) atoms. The van der Waals surface area contributed by atoms with Crippen LogP contribution in [0.4, 0.5) is 0 Å². The van der Waals surface area contributed by atoms with E-state index in [0.29, 0.717) is 32.3 Å². The maximum Gasteiger partial charge on any atom is 0.251 e. The number of hydrogen-bond donors (Lipinski definition) is 1. The van der Waals surface area contributed by atoms with Gasteiger partial charge in [-0.3, -0.25) is 14.8 Å². The van der Waals surface area contributed by atoms with Gasteiger partial charge in [0.2, 0.25) is 0 Å². The van der Waals surface area contributed by atoms with Crippen LogP contribution in [0.25, 0.3) is 11.0 Å². The van der Waals surface area contributed by atoms with Crippen LogP contribution in [-0.4, -0.2) is 58.3 Å². The second-order valence-electron chi connectivity index (χ2n) is 8.20. The van der Waals surface area contributed by atoms with Crippen LogP contribution in [0.2, 0.25) is 0 Å². The Bertz CT molecular complexity index is 1170. The highest BCUT2D eigenvalue weighted by Crippen LogP contribution is 2.29. The molecule has 1 fully saturated rings. The predicted octanol–water partition coefficient (Wildman–Crippen LogP) is 3.00. The van der Waals surface area contributed by atoms with Gasteiger partial charge in [0.1, 0.15) is 13.2 Å². The lowest BCUT2D eigenvalue weighted by atomic mass is 10.0. The summed E-state index contributed by atoms with van der Waals surface area (Å²) in [6.07, 6.45) is 5.65. The average molecular weight is 537 g/mol. The van der Waals surface area contributed by atoms with Crippen LogP contribution in [0.5, 0.6) is 11.5 Å². The van der Waals surface area contributed by atoms with Crippen LogP contribution in [-0.2, 0) is 13.1 Å². The van der Waals surface area contributed by atoms with Gasteiger partial charge in [0, 0.05) is 48.5 Å². The summed E-state index contributed by atoms with van der Waals surface area (Å²) in [5.41, 5.74) is 2.69. The molecule has 1 N–H and O–H groups in total. The van der Waals surface area contributed by atoms with Crippen molar-refractivity contribution in [2.75, 3.05) is 32.8 Å². The van der Waals surface area contributed by atoms with Crippen LogP contribution in [0.1, 0.15) is 18.5 Å². The second-order valence-corrected chi connectivity index (χ2v) is 9.11. The zero-order chi connectivity index (χ0) is 21.9. The highest BCUT2D eigenvalue weighted by Gasteiger charge is 2.20. The molecule has 176 valence electrons. The van der Waals surface area contributed by atoms with Crippen LogP contribution >= 0.6 is 28.3 Å². The Kier molecular flexibility index (Phi) is 7.85. The smallest absolute Gasteiger partial charge is 0.251 e. The summed E-state index contributed by atoms with van der Waals surface area (Å²) >= 11 is 3.46. The van der Waals surface area contributed by atoms with Gasteiger partial charge in [-0.1, -0.05) is 0 Å². The van der Waals surface area contributed by atoms with E-state index in [2.05, 4.69) is 36.1 Å². The number of pyridine rings is 3. The van der Waals surface area contributed by atoms with Gasteiger partial charge in [0.15, 0.2) is 11.5 Å². The van der Waals surface area contributed by atoms with E-state index in [1.54, 1.807) is 24.5 Å². The molecule has 0 atom stereocenters. The molecule has 2 aliphatic heterocycles. The SMILES string of the molecule is Cl.O=c1ccc2ncc(Br)cc2n1CCN1CCC(NCc2cc3c(cn2)OCCO3)CC1. The highest BCUT2D eigenvalue weighted by molar-refractivity contribution is 9.10. The third kappa shape index (κ3) is 5.66. The number of rotatable bonds is 6. The molecule has 0 aliphatic carbocycles. The van der Waals surface area contributed by atoms with Gasteiger partial charge in [0.05, 0.1) is 22.9 Å². The maximum atomic E-state index is 12.4. The van der Waals surface area contributed by atoms with E-state index >= 15 is 0 Å². The lowest BCUT2D eigenvalue weighted by molar-refractivity contribution is 0.170. The van der Waals surface area contributed by atoms with Crippen molar-refractivity contribution < 1.29 is 9.47 Å². The molecule has 1 saturated heterocycles. The van der Waals surface area contributed by atoms with Gasteiger partial charge in [-0.15, -0.1) is 12.4 Å². The topological polar surface area (TPSA) is 81.5 Å². The third-order valence-corrected chi connectivity index (χ3v) is 6.52. The van der Waals surface area contributed by atoms with Crippen molar-refractivity contribution in [1.82, 2.24) is 24.8 Å². The van der Waals surface area contributed by atoms with Crippen LogP contribution < -0.4 is 20.3 Å². The molecule has 0 aromatic carbocycles. The largest absolute Gasteiger partial charge is 0.486 e. The van der Waals surface area contributed by atoms with E-state index in [1.807, 2.05) is 16.7 Å². The van der Waals surface area contributed by atoms with Crippen molar-refractivity contribution in [3.63, 3.8) is 0 Å². The van der Waals surface area contributed by atoms with Gasteiger partial charge >= 0.3 is 0 Å². The summed E-state index contributed by atoms with van der Waals surface area (Å²) in [5, 5.41) is 3.62. The van der Waals surface area contributed by atoms with E-state index in [-0.39, 0.29) is 18.0 Å². The Hall–Kier alpha value is -2.20.